The summed E-state index contributed by atoms with van der Waals surface area (Å²) >= 11 is 0. The molecule has 2 amide bonds. The zero-order valence-electron chi connectivity index (χ0n) is 8.03. The quantitative estimate of drug-likeness (QED) is 0.642. The average molecular weight is 186 g/mol. The van der Waals surface area contributed by atoms with Gasteiger partial charge in [-0.1, -0.05) is 0 Å². The summed E-state index contributed by atoms with van der Waals surface area (Å²) in [5.41, 5.74) is 0. The van der Waals surface area contributed by atoms with Gasteiger partial charge < -0.3 is 5.32 Å². The molecular weight excluding hydrogens is 172 g/mol. The molecule has 1 aliphatic rings. The Morgan fingerprint density at radius 2 is 2.38 bits per heavy atom. The summed E-state index contributed by atoms with van der Waals surface area (Å²) in [6, 6.07) is -0.553. The maximum absolute atomic E-state index is 11.3. The van der Waals surface area contributed by atoms with Gasteiger partial charge in [0.1, 0.15) is 6.04 Å². The van der Waals surface area contributed by atoms with E-state index in [0.717, 1.165) is 5.06 Å². The molecule has 0 unspecified atom stereocenters. The second-order valence-corrected chi connectivity index (χ2v) is 3.13. The van der Waals surface area contributed by atoms with Crippen molar-refractivity contribution in [2.24, 2.45) is 0 Å². The van der Waals surface area contributed by atoms with Crippen LogP contribution in [0.5, 0.6) is 0 Å². The Bertz CT molecular complexity index is 229. The molecule has 1 saturated heterocycles. The van der Waals surface area contributed by atoms with Crippen molar-refractivity contribution in [3.8, 4) is 0 Å². The number of amides is 2. The third-order valence-electron chi connectivity index (χ3n) is 1.98. The topological polar surface area (TPSA) is 58.6 Å². The first kappa shape index (κ1) is 9.98. The summed E-state index contributed by atoms with van der Waals surface area (Å²) in [7, 11) is 1.53. The van der Waals surface area contributed by atoms with Crippen LogP contribution >= 0.6 is 0 Å². The van der Waals surface area contributed by atoms with Crippen LogP contribution in [0.15, 0.2) is 0 Å². The third kappa shape index (κ3) is 1.98. The average Bonchev–Trinajstić information content (AvgIpc) is 2.42. The number of carbonyl (C=O) groups is 2. The molecule has 0 aromatic rings. The van der Waals surface area contributed by atoms with E-state index in [1.807, 2.05) is 0 Å². The summed E-state index contributed by atoms with van der Waals surface area (Å²) < 4.78 is 0. The van der Waals surface area contributed by atoms with E-state index in [4.69, 9.17) is 4.84 Å². The van der Waals surface area contributed by atoms with Crippen LogP contribution in [0, 0.1) is 0 Å². The Morgan fingerprint density at radius 3 is 2.77 bits per heavy atom. The highest BCUT2D eigenvalue weighted by Gasteiger charge is 2.34. The summed E-state index contributed by atoms with van der Waals surface area (Å²) in [4.78, 5) is 27.6. The molecule has 1 rings (SSSR count). The van der Waals surface area contributed by atoms with Crippen LogP contribution in [0.2, 0.25) is 0 Å². The molecule has 1 aliphatic heterocycles. The fourth-order valence-electron chi connectivity index (χ4n) is 1.25. The van der Waals surface area contributed by atoms with Gasteiger partial charge >= 0.3 is 0 Å². The van der Waals surface area contributed by atoms with Crippen LogP contribution in [-0.4, -0.2) is 36.1 Å². The Morgan fingerprint density at radius 1 is 1.77 bits per heavy atom. The number of carbonyl (C=O) groups excluding carboxylic acids is 2. The van der Waals surface area contributed by atoms with E-state index in [1.165, 1.54) is 7.05 Å². The lowest BCUT2D eigenvalue weighted by molar-refractivity contribution is -0.186. The first-order chi connectivity index (χ1) is 6.06. The lowest BCUT2D eigenvalue weighted by Crippen LogP contribution is -2.44. The minimum Gasteiger partial charge on any atom is -0.357 e. The van der Waals surface area contributed by atoms with Crippen LogP contribution in [0.1, 0.15) is 20.3 Å². The SMILES string of the molecule is CNC(=O)[C@H](C)N1O[C@H](C)CC1=O. The zero-order valence-corrected chi connectivity index (χ0v) is 8.03. The Labute approximate surface area is 77.0 Å². The van der Waals surface area contributed by atoms with Gasteiger partial charge in [0, 0.05) is 7.05 Å². The molecule has 1 heterocycles. The molecule has 1 N–H and O–H groups in total. The predicted octanol–water partition coefficient (Wildman–Crippen LogP) is -0.327. The molecule has 74 valence electrons. The van der Waals surface area contributed by atoms with Crippen LogP contribution < -0.4 is 5.32 Å². The summed E-state index contributed by atoms with van der Waals surface area (Å²) in [6.07, 6.45) is 0.223. The van der Waals surface area contributed by atoms with Gasteiger partial charge in [-0.05, 0) is 13.8 Å². The van der Waals surface area contributed by atoms with Crippen LogP contribution in [0.3, 0.4) is 0 Å². The van der Waals surface area contributed by atoms with Gasteiger partial charge in [-0.3, -0.25) is 14.4 Å². The van der Waals surface area contributed by atoms with E-state index < -0.39 is 6.04 Å². The molecule has 13 heavy (non-hydrogen) atoms. The molecule has 0 radical (unpaired) electrons. The van der Waals surface area contributed by atoms with Crippen molar-refractivity contribution >= 4 is 11.8 Å². The summed E-state index contributed by atoms with van der Waals surface area (Å²) in [5, 5.41) is 3.61. The predicted molar refractivity (Wildman–Crippen MR) is 45.5 cm³/mol. The first-order valence-corrected chi connectivity index (χ1v) is 4.26. The molecule has 5 nitrogen and oxygen atoms in total. The van der Waals surface area contributed by atoms with Crippen LogP contribution in [0.25, 0.3) is 0 Å². The molecule has 0 aromatic heterocycles. The fourth-order valence-corrected chi connectivity index (χ4v) is 1.25. The molecule has 0 spiro atoms. The minimum absolute atomic E-state index is 0.125. The standard InChI is InChI=1S/C8H14N2O3/c1-5-4-7(11)10(13-5)6(2)8(12)9-3/h5-6H,4H2,1-3H3,(H,9,12)/t5-,6+/m1/s1. The number of nitrogens with one attached hydrogen (secondary N) is 1. The van der Waals surface area contributed by atoms with E-state index in [2.05, 4.69) is 5.32 Å². The molecule has 0 saturated carbocycles. The van der Waals surface area contributed by atoms with E-state index in [-0.39, 0.29) is 17.9 Å². The molecule has 1 fully saturated rings. The Kier molecular flexibility index (Phi) is 2.87. The highest BCUT2D eigenvalue weighted by molar-refractivity contribution is 5.87. The maximum atomic E-state index is 11.3. The van der Waals surface area contributed by atoms with E-state index >= 15 is 0 Å². The van der Waals surface area contributed by atoms with Crippen LogP contribution in [-0.2, 0) is 14.4 Å². The van der Waals surface area contributed by atoms with Gasteiger partial charge in [0.05, 0.1) is 12.5 Å². The number of hydrogen-bond acceptors (Lipinski definition) is 3. The first-order valence-electron chi connectivity index (χ1n) is 4.26. The number of likely N-dealkylation sites (N-methyl/N-ethyl adjacent to an activating group) is 1. The molecule has 5 heteroatoms. The van der Waals surface area contributed by atoms with Gasteiger partial charge in [0.2, 0.25) is 11.8 Å². The van der Waals surface area contributed by atoms with Crippen molar-refractivity contribution in [2.45, 2.75) is 32.4 Å². The zero-order chi connectivity index (χ0) is 10.0. The number of hydrogen-bond donors (Lipinski definition) is 1. The van der Waals surface area contributed by atoms with E-state index in [1.54, 1.807) is 13.8 Å². The third-order valence-corrected chi connectivity index (χ3v) is 1.98. The van der Waals surface area contributed by atoms with Crippen molar-refractivity contribution in [2.75, 3.05) is 7.05 Å². The highest BCUT2D eigenvalue weighted by Crippen LogP contribution is 2.17. The van der Waals surface area contributed by atoms with Crippen molar-refractivity contribution in [1.82, 2.24) is 10.4 Å². The van der Waals surface area contributed by atoms with Crippen molar-refractivity contribution < 1.29 is 14.4 Å². The summed E-state index contributed by atoms with van der Waals surface area (Å²) in [6.45, 7) is 3.43. The van der Waals surface area contributed by atoms with Crippen molar-refractivity contribution in [1.29, 1.82) is 0 Å². The normalized spacial score (nSPS) is 24.7. The highest BCUT2D eigenvalue weighted by atomic mass is 16.7. The molecule has 0 aromatic carbocycles. The maximum Gasteiger partial charge on any atom is 0.249 e. The lowest BCUT2D eigenvalue weighted by atomic mass is 10.2. The Balaban J connectivity index is 2.62. The Hall–Kier alpha value is -1.10. The molecule has 2 atom stereocenters. The second kappa shape index (κ2) is 3.74. The van der Waals surface area contributed by atoms with Crippen molar-refractivity contribution in [3.05, 3.63) is 0 Å². The second-order valence-electron chi connectivity index (χ2n) is 3.13. The van der Waals surface area contributed by atoms with E-state index in [0.29, 0.717) is 6.42 Å². The summed E-state index contributed by atoms with van der Waals surface area (Å²) in [5.74, 6) is -0.356. The van der Waals surface area contributed by atoms with Crippen molar-refractivity contribution in [3.63, 3.8) is 0 Å². The smallest absolute Gasteiger partial charge is 0.249 e. The van der Waals surface area contributed by atoms with E-state index in [9.17, 15) is 9.59 Å². The van der Waals surface area contributed by atoms with Gasteiger partial charge in [-0.2, -0.15) is 0 Å². The number of hydroxylamine groups is 2. The minimum atomic E-state index is -0.553. The van der Waals surface area contributed by atoms with Gasteiger partial charge in [-0.25, -0.2) is 5.06 Å². The van der Waals surface area contributed by atoms with Gasteiger partial charge in [-0.15, -0.1) is 0 Å². The fraction of sp³-hybridized carbons (Fsp3) is 0.750. The lowest BCUT2D eigenvalue weighted by Gasteiger charge is -2.21. The number of rotatable bonds is 2. The van der Waals surface area contributed by atoms with Gasteiger partial charge in [0.15, 0.2) is 0 Å². The largest absolute Gasteiger partial charge is 0.357 e. The number of nitrogens with zero attached hydrogens (tertiary/aromatic N) is 1. The molecule has 0 bridgehead atoms. The molecule has 0 aliphatic carbocycles. The monoisotopic (exact) mass is 186 g/mol. The molecular formula is C8H14N2O3. The van der Waals surface area contributed by atoms with Crippen LogP contribution in [0.4, 0.5) is 0 Å². The van der Waals surface area contributed by atoms with Gasteiger partial charge in [0.25, 0.3) is 0 Å².